The van der Waals surface area contributed by atoms with E-state index in [2.05, 4.69) is 26.6 Å². The SMILES string of the molecule is CNCCCNC(=O)CCOc1ccc(Cl)cc1Br. The van der Waals surface area contributed by atoms with E-state index in [0.29, 0.717) is 30.3 Å². The monoisotopic (exact) mass is 348 g/mol. The van der Waals surface area contributed by atoms with Crippen LogP contribution in [0.25, 0.3) is 0 Å². The molecule has 1 aromatic rings. The van der Waals surface area contributed by atoms with Crippen LogP contribution in [0.1, 0.15) is 12.8 Å². The van der Waals surface area contributed by atoms with Crippen LogP contribution in [0.5, 0.6) is 5.75 Å². The highest BCUT2D eigenvalue weighted by molar-refractivity contribution is 9.10. The second kappa shape index (κ2) is 9.18. The molecule has 1 amide bonds. The van der Waals surface area contributed by atoms with Gasteiger partial charge in [-0.15, -0.1) is 0 Å². The van der Waals surface area contributed by atoms with Crippen LogP contribution < -0.4 is 15.4 Å². The predicted octanol–water partition coefficient (Wildman–Crippen LogP) is 2.60. The van der Waals surface area contributed by atoms with Gasteiger partial charge in [0.05, 0.1) is 17.5 Å². The van der Waals surface area contributed by atoms with E-state index < -0.39 is 0 Å². The van der Waals surface area contributed by atoms with Crippen molar-refractivity contribution in [3.8, 4) is 5.75 Å². The largest absolute Gasteiger partial charge is 0.492 e. The summed E-state index contributed by atoms with van der Waals surface area (Å²) in [5.41, 5.74) is 0. The van der Waals surface area contributed by atoms with Crippen molar-refractivity contribution in [2.24, 2.45) is 0 Å². The Hall–Kier alpha value is -0.780. The number of benzene rings is 1. The van der Waals surface area contributed by atoms with Crippen molar-refractivity contribution in [3.05, 3.63) is 27.7 Å². The number of hydrogen-bond donors (Lipinski definition) is 2. The third-order valence-corrected chi connectivity index (χ3v) is 3.26. The maximum atomic E-state index is 11.5. The van der Waals surface area contributed by atoms with Gasteiger partial charge < -0.3 is 15.4 Å². The fourth-order valence-corrected chi connectivity index (χ4v) is 2.22. The molecule has 1 rings (SSSR count). The number of carbonyl (C=O) groups is 1. The molecule has 6 heteroatoms. The number of carbonyl (C=O) groups excluding carboxylic acids is 1. The lowest BCUT2D eigenvalue weighted by Crippen LogP contribution is -2.27. The summed E-state index contributed by atoms with van der Waals surface area (Å²) in [5.74, 6) is 0.688. The Labute approximate surface area is 127 Å². The summed E-state index contributed by atoms with van der Waals surface area (Å²) in [4.78, 5) is 11.5. The van der Waals surface area contributed by atoms with Gasteiger partial charge in [-0.2, -0.15) is 0 Å². The average Bonchev–Trinajstić information content (AvgIpc) is 2.37. The first-order chi connectivity index (χ1) is 9.13. The van der Waals surface area contributed by atoms with E-state index in [1.165, 1.54) is 0 Å². The minimum absolute atomic E-state index is 0.00110. The van der Waals surface area contributed by atoms with E-state index >= 15 is 0 Å². The van der Waals surface area contributed by atoms with Gasteiger partial charge in [-0.25, -0.2) is 0 Å². The van der Waals surface area contributed by atoms with Gasteiger partial charge >= 0.3 is 0 Å². The van der Waals surface area contributed by atoms with Crippen molar-refractivity contribution in [1.82, 2.24) is 10.6 Å². The Bertz CT molecular complexity index is 416. The standard InChI is InChI=1S/C13H18BrClN2O2/c1-16-6-2-7-17-13(18)5-8-19-12-4-3-10(15)9-11(12)14/h3-4,9,16H,2,5-8H2,1H3,(H,17,18). The van der Waals surface area contributed by atoms with Gasteiger partial charge in [0, 0.05) is 11.6 Å². The predicted molar refractivity (Wildman–Crippen MR) is 80.8 cm³/mol. The van der Waals surface area contributed by atoms with E-state index in [-0.39, 0.29) is 5.91 Å². The van der Waals surface area contributed by atoms with Gasteiger partial charge in [-0.3, -0.25) is 4.79 Å². The number of rotatable bonds is 8. The maximum Gasteiger partial charge on any atom is 0.223 e. The van der Waals surface area contributed by atoms with Gasteiger partial charge in [0.2, 0.25) is 5.91 Å². The smallest absolute Gasteiger partial charge is 0.223 e. The highest BCUT2D eigenvalue weighted by atomic mass is 79.9. The molecule has 0 aliphatic heterocycles. The molecule has 1 aromatic carbocycles. The summed E-state index contributed by atoms with van der Waals surface area (Å²) in [6.07, 6.45) is 1.26. The molecule has 0 fully saturated rings. The first-order valence-electron chi connectivity index (χ1n) is 6.12. The van der Waals surface area contributed by atoms with Crippen molar-refractivity contribution in [3.63, 3.8) is 0 Å². The van der Waals surface area contributed by atoms with E-state index in [9.17, 15) is 4.79 Å². The molecule has 4 nitrogen and oxygen atoms in total. The van der Waals surface area contributed by atoms with Gasteiger partial charge in [0.15, 0.2) is 0 Å². The normalized spacial score (nSPS) is 10.3. The van der Waals surface area contributed by atoms with E-state index in [1.807, 2.05) is 7.05 Å². The molecule has 0 heterocycles. The summed E-state index contributed by atoms with van der Waals surface area (Å²) in [7, 11) is 1.89. The van der Waals surface area contributed by atoms with Gasteiger partial charge in [-0.05, 0) is 54.1 Å². The number of nitrogens with one attached hydrogen (secondary N) is 2. The molecule has 0 atom stereocenters. The molecule has 0 aromatic heterocycles. The van der Waals surface area contributed by atoms with Crippen LogP contribution in [0.15, 0.2) is 22.7 Å². The third-order valence-electron chi connectivity index (χ3n) is 2.41. The molecule has 0 aliphatic carbocycles. The quantitative estimate of drug-likeness (QED) is 0.709. The molecule has 2 N–H and O–H groups in total. The van der Waals surface area contributed by atoms with Crippen LogP contribution in [-0.2, 0) is 4.79 Å². The highest BCUT2D eigenvalue weighted by Crippen LogP contribution is 2.27. The molecule has 19 heavy (non-hydrogen) atoms. The Morgan fingerprint density at radius 3 is 2.89 bits per heavy atom. The summed E-state index contributed by atoms with van der Waals surface area (Å²) in [6.45, 7) is 1.93. The Balaban J connectivity index is 2.20. The van der Waals surface area contributed by atoms with Crippen LogP contribution in [0.2, 0.25) is 5.02 Å². The van der Waals surface area contributed by atoms with Crippen LogP contribution in [-0.4, -0.2) is 32.7 Å². The first-order valence-corrected chi connectivity index (χ1v) is 7.29. The third kappa shape index (κ3) is 6.80. The molecule has 0 saturated carbocycles. The van der Waals surface area contributed by atoms with Crippen molar-refractivity contribution < 1.29 is 9.53 Å². The number of amides is 1. The molecule has 0 aliphatic rings. The molecule has 0 saturated heterocycles. The topological polar surface area (TPSA) is 50.4 Å². The Kier molecular flexibility index (Phi) is 7.86. The van der Waals surface area contributed by atoms with Crippen LogP contribution in [0.3, 0.4) is 0 Å². The minimum Gasteiger partial charge on any atom is -0.492 e. The molecule has 0 radical (unpaired) electrons. The van der Waals surface area contributed by atoms with Crippen LogP contribution in [0.4, 0.5) is 0 Å². The van der Waals surface area contributed by atoms with Gasteiger partial charge in [-0.1, -0.05) is 11.6 Å². The minimum atomic E-state index is 0.00110. The van der Waals surface area contributed by atoms with Gasteiger partial charge in [0.1, 0.15) is 5.75 Å². The summed E-state index contributed by atoms with van der Waals surface area (Å²) >= 11 is 9.19. The fraction of sp³-hybridized carbons (Fsp3) is 0.462. The molecule has 0 spiro atoms. The highest BCUT2D eigenvalue weighted by Gasteiger charge is 2.04. The molecular formula is C13H18BrClN2O2. The Morgan fingerprint density at radius 1 is 1.42 bits per heavy atom. The fourth-order valence-electron chi connectivity index (χ4n) is 1.43. The van der Waals surface area contributed by atoms with Crippen molar-refractivity contribution in [2.75, 3.05) is 26.7 Å². The van der Waals surface area contributed by atoms with Crippen molar-refractivity contribution >= 4 is 33.4 Å². The average molecular weight is 350 g/mol. The number of ether oxygens (including phenoxy) is 1. The van der Waals surface area contributed by atoms with E-state index in [1.54, 1.807) is 18.2 Å². The van der Waals surface area contributed by atoms with Crippen LogP contribution >= 0.6 is 27.5 Å². The van der Waals surface area contributed by atoms with Gasteiger partial charge in [0.25, 0.3) is 0 Å². The van der Waals surface area contributed by atoms with E-state index in [4.69, 9.17) is 16.3 Å². The molecular weight excluding hydrogens is 332 g/mol. The zero-order valence-electron chi connectivity index (χ0n) is 10.8. The maximum absolute atomic E-state index is 11.5. The number of halogens is 2. The van der Waals surface area contributed by atoms with E-state index in [0.717, 1.165) is 17.4 Å². The summed E-state index contributed by atoms with van der Waals surface area (Å²) < 4.78 is 6.30. The zero-order valence-corrected chi connectivity index (χ0v) is 13.2. The lowest BCUT2D eigenvalue weighted by molar-refractivity contribution is -0.121. The molecule has 0 unspecified atom stereocenters. The second-order valence-electron chi connectivity index (χ2n) is 3.98. The molecule has 0 bridgehead atoms. The molecule has 106 valence electrons. The van der Waals surface area contributed by atoms with Crippen molar-refractivity contribution in [1.29, 1.82) is 0 Å². The second-order valence-corrected chi connectivity index (χ2v) is 5.27. The summed E-state index contributed by atoms with van der Waals surface area (Å²) in [5, 5.41) is 6.50. The number of hydrogen-bond acceptors (Lipinski definition) is 3. The van der Waals surface area contributed by atoms with Crippen molar-refractivity contribution in [2.45, 2.75) is 12.8 Å². The van der Waals surface area contributed by atoms with Crippen LogP contribution in [0, 0.1) is 0 Å². The lowest BCUT2D eigenvalue weighted by Gasteiger charge is -2.09. The summed E-state index contributed by atoms with van der Waals surface area (Å²) in [6, 6.07) is 5.28. The zero-order chi connectivity index (χ0) is 14.1. The first kappa shape index (κ1) is 16.3. The Morgan fingerprint density at radius 2 is 2.21 bits per heavy atom. The lowest BCUT2D eigenvalue weighted by atomic mass is 10.3.